The maximum atomic E-state index is 12.3. The highest BCUT2D eigenvalue weighted by molar-refractivity contribution is 7.89. The molecule has 9 heteroatoms. The van der Waals surface area contributed by atoms with Crippen LogP contribution in [0.15, 0.2) is 39.8 Å². The predicted molar refractivity (Wildman–Crippen MR) is 88.1 cm³/mol. The highest BCUT2D eigenvalue weighted by atomic mass is 32.2. The van der Waals surface area contributed by atoms with E-state index in [1.165, 1.54) is 30.5 Å². The summed E-state index contributed by atoms with van der Waals surface area (Å²) in [7, 11) is -3.76. The van der Waals surface area contributed by atoms with Gasteiger partial charge in [-0.15, -0.1) is 0 Å². The van der Waals surface area contributed by atoms with Crippen LogP contribution in [0, 0.1) is 6.92 Å². The molecule has 0 saturated carbocycles. The zero-order valence-corrected chi connectivity index (χ0v) is 14.4. The molecule has 25 heavy (non-hydrogen) atoms. The first-order valence-corrected chi connectivity index (χ1v) is 9.22. The third kappa shape index (κ3) is 3.77. The lowest BCUT2D eigenvalue weighted by atomic mass is 10.1. The van der Waals surface area contributed by atoms with E-state index in [0.717, 1.165) is 4.90 Å². The van der Waals surface area contributed by atoms with Crippen LogP contribution < -0.4 is 9.62 Å². The number of carbonyl (C=O) groups is 2. The molecule has 2 heterocycles. The van der Waals surface area contributed by atoms with Crippen molar-refractivity contribution in [1.82, 2.24) is 9.71 Å². The van der Waals surface area contributed by atoms with Crippen molar-refractivity contribution in [2.24, 2.45) is 0 Å². The first-order valence-electron chi connectivity index (χ1n) is 7.73. The Morgan fingerprint density at radius 2 is 1.80 bits per heavy atom. The number of nitrogens with one attached hydrogen (secondary N) is 1. The number of aryl methyl sites for hydroxylation is 1. The molecule has 0 radical (unpaired) electrons. The summed E-state index contributed by atoms with van der Waals surface area (Å²) in [5, 5.41) is 0. The van der Waals surface area contributed by atoms with E-state index in [9.17, 15) is 18.0 Å². The van der Waals surface area contributed by atoms with Crippen LogP contribution >= 0.6 is 0 Å². The molecule has 1 aliphatic rings. The Morgan fingerprint density at radius 3 is 2.36 bits per heavy atom. The standard InChI is InChI=1S/C16H17N3O5S/c1-11-9-17-14(24-11)10-18-25(22,23)13-7-5-12(6-8-13)19-15(20)3-2-4-16(19)21/h5-9,18H,2-4,10H2,1H3. The van der Waals surface area contributed by atoms with Crippen LogP contribution in [0.5, 0.6) is 0 Å². The second-order valence-corrected chi connectivity index (χ2v) is 7.43. The highest BCUT2D eigenvalue weighted by Gasteiger charge is 2.27. The van der Waals surface area contributed by atoms with Gasteiger partial charge in [0.15, 0.2) is 0 Å². The molecule has 0 spiro atoms. The molecular formula is C16H17N3O5S. The number of amides is 2. The van der Waals surface area contributed by atoms with Crippen molar-refractivity contribution < 1.29 is 22.4 Å². The van der Waals surface area contributed by atoms with Crippen molar-refractivity contribution >= 4 is 27.5 Å². The quantitative estimate of drug-likeness (QED) is 0.806. The Labute approximate surface area is 144 Å². The number of benzene rings is 1. The fraction of sp³-hybridized carbons (Fsp3) is 0.312. The summed E-state index contributed by atoms with van der Waals surface area (Å²) in [6, 6.07) is 5.61. The van der Waals surface area contributed by atoms with E-state index in [1.807, 2.05) is 0 Å². The second-order valence-electron chi connectivity index (χ2n) is 5.66. The van der Waals surface area contributed by atoms with E-state index in [4.69, 9.17) is 4.42 Å². The summed E-state index contributed by atoms with van der Waals surface area (Å²) in [5.74, 6) is 0.310. The number of rotatable bonds is 5. The van der Waals surface area contributed by atoms with Gasteiger partial charge in [0.25, 0.3) is 0 Å². The first kappa shape index (κ1) is 17.3. The summed E-state index contributed by atoms with van der Waals surface area (Å²) in [5.41, 5.74) is 0.372. The Bertz CT molecular complexity index is 886. The van der Waals surface area contributed by atoms with Crippen LogP contribution in [0.4, 0.5) is 5.69 Å². The zero-order valence-electron chi connectivity index (χ0n) is 13.6. The molecule has 1 N–H and O–H groups in total. The minimum absolute atomic E-state index is 0.0245. The van der Waals surface area contributed by atoms with Crippen LogP contribution in [0.25, 0.3) is 0 Å². The number of oxazole rings is 1. The Morgan fingerprint density at radius 1 is 1.16 bits per heavy atom. The molecule has 1 fully saturated rings. The number of hydrogen-bond acceptors (Lipinski definition) is 6. The summed E-state index contributed by atoms with van der Waals surface area (Å²) < 4.78 is 32.2. The van der Waals surface area contributed by atoms with Gasteiger partial charge < -0.3 is 4.42 Å². The highest BCUT2D eigenvalue weighted by Crippen LogP contribution is 2.23. The Hall–Kier alpha value is -2.52. The van der Waals surface area contributed by atoms with E-state index in [-0.39, 0.29) is 29.1 Å². The van der Waals surface area contributed by atoms with Gasteiger partial charge >= 0.3 is 0 Å². The van der Waals surface area contributed by atoms with E-state index >= 15 is 0 Å². The molecule has 1 aromatic carbocycles. The summed E-state index contributed by atoms with van der Waals surface area (Å²) >= 11 is 0. The number of carbonyl (C=O) groups excluding carboxylic acids is 2. The number of aromatic nitrogens is 1. The van der Waals surface area contributed by atoms with E-state index < -0.39 is 10.0 Å². The maximum Gasteiger partial charge on any atom is 0.241 e. The smallest absolute Gasteiger partial charge is 0.241 e. The van der Waals surface area contributed by atoms with Crippen LogP contribution in [-0.4, -0.2) is 25.2 Å². The lowest BCUT2D eigenvalue weighted by molar-refractivity contribution is -0.129. The normalized spacial score (nSPS) is 15.6. The number of imide groups is 1. The summed E-state index contributed by atoms with van der Waals surface area (Å²) in [6.45, 7) is 1.65. The van der Waals surface area contributed by atoms with Crippen molar-refractivity contribution in [2.45, 2.75) is 37.6 Å². The maximum absolute atomic E-state index is 12.3. The van der Waals surface area contributed by atoms with Gasteiger partial charge in [-0.05, 0) is 37.6 Å². The molecule has 2 amide bonds. The fourth-order valence-electron chi connectivity index (χ4n) is 2.54. The zero-order chi connectivity index (χ0) is 18.0. The molecule has 1 saturated heterocycles. The largest absolute Gasteiger partial charge is 0.445 e. The molecule has 0 atom stereocenters. The average molecular weight is 363 g/mol. The van der Waals surface area contributed by atoms with Crippen molar-refractivity contribution in [3.63, 3.8) is 0 Å². The van der Waals surface area contributed by atoms with Crippen molar-refractivity contribution in [1.29, 1.82) is 0 Å². The Kier molecular flexibility index (Phi) is 4.69. The van der Waals surface area contributed by atoms with Gasteiger partial charge in [0.2, 0.25) is 27.7 Å². The molecule has 1 aromatic heterocycles. The molecule has 3 rings (SSSR count). The number of anilines is 1. The number of piperidine rings is 1. The summed E-state index contributed by atoms with van der Waals surface area (Å²) in [6.07, 6.45) is 2.67. The fourth-order valence-corrected chi connectivity index (χ4v) is 3.51. The third-order valence-corrected chi connectivity index (χ3v) is 5.19. The van der Waals surface area contributed by atoms with E-state index in [1.54, 1.807) is 6.92 Å². The molecular weight excluding hydrogens is 346 g/mol. The predicted octanol–water partition coefficient (Wildman–Crippen LogP) is 1.51. The lowest BCUT2D eigenvalue weighted by Crippen LogP contribution is -2.40. The van der Waals surface area contributed by atoms with E-state index in [0.29, 0.717) is 30.7 Å². The molecule has 1 aliphatic heterocycles. The molecule has 2 aromatic rings. The van der Waals surface area contributed by atoms with Gasteiger partial charge in [0.05, 0.1) is 23.3 Å². The lowest BCUT2D eigenvalue weighted by Gasteiger charge is -2.24. The van der Waals surface area contributed by atoms with Gasteiger partial charge in [0, 0.05) is 12.8 Å². The molecule has 8 nitrogen and oxygen atoms in total. The third-order valence-electron chi connectivity index (χ3n) is 3.77. The van der Waals surface area contributed by atoms with Crippen molar-refractivity contribution in [3.8, 4) is 0 Å². The SMILES string of the molecule is Cc1cnc(CNS(=O)(=O)c2ccc(N3C(=O)CCCC3=O)cc2)o1. The number of sulfonamides is 1. The molecule has 0 unspecified atom stereocenters. The van der Waals surface area contributed by atoms with Gasteiger partial charge in [-0.3, -0.25) is 14.5 Å². The van der Waals surface area contributed by atoms with Crippen LogP contribution in [0.2, 0.25) is 0 Å². The van der Waals surface area contributed by atoms with Gasteiger partial charge in [0.1, 0.15) is 5.76 Å². The second kappa shape index (κ2) is 6.77. The minimum Gasteiger partial charge on any atom is -0.445 e. The molecule has 0 bridgehead atoms. The monoisotopic (exact) mass is 363 g/mol. The average Bonchev–Trinajstić information content (AvgIpc) is 2.99. The van der Waals surface area contributed by atoms with Gasteiger partial charge in [-0.25, -0.2) is 18.1 Å². The first-order chi connectivity index (χ1) is 11.9. The van der Waals surface area contributed by atoms with Crippen LogP contribution in [0.1, 0.15) is 30.9 Å². The molecule has 132 valence electrons. The van der Waals surface area contributed by atoms with Crippen LogP contribution in [-0.2, 0) is 26.2 Å². The molecule has 0 aliphatic carbocycles. The van der Waals surface area contributed by atoms with Crippen LogP contribution in [0.3, 0.4) is 0 Å². The van der Waals surface area contributed by atoms with Gasteiger partial charge in [-0.1, -0.05) is 0 Å². The summed E-state index contributed by atoms with van der Waals surface area (Å²) in [4.78, 5) is 28.9. The Balaban J connectivity index is 1.74. The van der Waals surface area contributed by atoms with Gasteiger partial charge in [-0.2, -0.15) is 0 Å². The minimum atomic E-state index is -3.76. The van der Waals surface area contributed by atoms with E-state index in [2.05, 4.69) is 9.71 Å². The van der Waals surface area contributed by atoms with Crippen molar-refractivity contribution in [2.75, 3.05) is 4.90 Å². The number of nitrogens with zero attached hydrogens (tertiary/aromatic N) is 2. The topological polar surface area (TPSA) is 110 Å². The number of hydrogen-bond donors (Lipinski definition) is 1. The van der Waals surface area contributed by atoms with Crippen molar-refractivity contribution in [3.05, 3.63) is 42.1 Å².